The number of halogens is 2. The van der Waals surface area contributed by atoms with E-state index in [0.29, 0.717) is 15.6 Å². The fourth-order valence-corrected chi connectivity index (χ4v) is 2.31. The minimum Gasteiger partial charge on any atom is -0.388 e. The van der Waals surface area contributed by atoms with E-state index in [4.69, 9.17) is 23.2 Å². The van der Waals surface area contributed by atoms with Crippen LogP contribution in [0, 0.1) is 5.92 Å². The van der Waals surface area contributed by atoms with Gasteiger partial charge in [-0.2, -0.15) is 0 Å². The van der Waals surface area contributed by atoms with E-state index in [0.717, 1.165) is 12.8 Å². The molecule has 0 saturated carbocycles. The molecule has 0 aliphatic carbocycles. The van der Waals surface area contributed by atoms with Crippen molar-refractivity contribution in [2.75, 3.05) is 0 Å². The Hall–Kier alpha value is -0.240. The van der Waals surface area contributed by atoms with Crippen LogP contribution in [-0.4, -0.2) is 5.11 Å². The highest BCUT2D eigenvalue weighted by molar-refractivity contribution is 6.36. The Bertz CT molecular complexity index is 305. The molecule has 0 bridgehead atoms. The molecule has 3 heteroatoms. The molecule has 0 fully saturated rings. The summed E-state index contributed by atoms with van der Waals surface area (Å²) >= 11 is 12.0. The molecule has 1 rings (SSSR count). The standard InChI is InChI=1S/C12H16Cl2O/c1-3-5-8(2)12(15)11-9(13)6-4-7-10(11)14/h4,6-8,12,15H,3,5H2,1-2H3. The van der Waals surface area contributed by atoms with Crippen molar-refractivity contribution in [2.45, 2.75) is 32.8 Å². The second-order valence-electron chi connectivity index (χ2n) is 3.85. The molecule has 1 aromatic carbocycles. The van der Waals surface area contributed by atoms with Crippen LogP contribution in [0.4, 0.5) is 0 Å². The number of aliphatic hydroxyl groups is 1. The van der Waals surface area contributed by atoms with Gasteiger partial charge in [0.2, 0.25) is 0 Å². The topological polar surface area (TPSA) is 20.2 Å². The molecule has 1 nitrogen and oxygen atoms in total. The fraction of sp³-hybridized carbons (Fsp3) is 0.500. The first kappa shape index (κ1) is 12.8. The molecule has 1 N–H and O–H groups in total. The minimum absolute atomic E-state index is 0.174. The molecule has 0 saturated heterocycles. The first-order valence-electron chi connectivity index (χ1n) is 5.19. The van der Waals surface area contributed by atoms with Crippen molar-refractivity contribution in [1.29, 1.82) is 0 Å². The maximum Gasteiger partial charge on any atom is 0.0844 e. The smallest absolute Gasteiger partial charge is 0.0844 e. The Labute approximate surface area is 101 Å². The van der Waals surface area contributed by atoms with E-state index in [2.05, 4.69) is 6.92 Å². The lowest BCUT2D eigenvalue weighted by Gasteiger charge is -2.20. The van der Waals surface area contributed by atoms with Crippen molar-refractivity contribution in [2.24, 2.45) is 5.92 Å². The SMILES string of the molecule is CCCC(C)C(O)c1c(Cl)cccc1Cl. The van der Waals surface area contributed by atoms with Gasteiger partial charge in [0, 0.05) is 15.6 Å². The molecule has 1 aromatic rings. The average molecular weight is 247 g/mol. The van der Waals surface area contributed by atoms with Crippen LogP contribution in [0.5, 0.6) is 0 Å². The third-order valence-electron chi connectivity index (χ3n) is 2.58. The molecule has 2 unspecified atom stereocenters. The predicted molar refractivity (Wildman–Crippen MR) is 65.5 cm³/mol. The molecule has 0 aliphatic heterocycles. The lowest BCUT2D eigenvalue weighted by molar-refractivity contribution is 0.112. The molecular weight excluding hydrogens is 231 g/mol. The van der Waals surface area contributed by atoms with Crippen molar-refractivity contribution in [3.63, 3.8) is 0 Å². The second kappa shape index (κ2) is 5.74. The highest BCUT2D eigenvalue weighted by Gasteiger charge is 2.20. The van der Waals surface area contributed by atoms with Gasteiger partial charge in [0.05, 0.1) is 6.10 Å². The quantitative estimate of drug-likeness (QED) is 0.832. The predicted octanol–water partition coefficient (Wildman–Crippen LogP) is 4.46. The number of hydrogen-bond acceptors (Lipinski definition) is 1. The lowest BCUT2D eigenvalue weighted by Crippen LogP contribution is -2.10. The lowest BCUT2D eigenvalue weighted by atomic mass is 9.93. The van der Waals surface area contributed by atoms with E-state index in [9.17, 15) is 5.11 Å². The van der Waals surface area contributed by atoms with Gasteiger partial charge in [-0.1, -0.05) is 49.5 Å². The van der Waals surface area contributed by atoms with Gasteiger partial charge in [0.1, 0.15) is 0 Å². The summed E-state index contributed by atoms with van der Waals surface area (Å²) in [7, 11) is 0. The van der Waals surface area contributed by atoms with E-state index >= 15 is 0 Å². The van der Waals surface area contributed by atoms with Crippen LogP contribution < -0.4 is 0 Å². The highest BCUT2D eigenvalue weighted by Crippen LogP contribution is 2.35. The monoisotopic (exact) mass is 246 g/mol. The summed E-state index contributed by atoms with van der Waals surface area (Å²) in [6.45, 7) is 4.10. The van der Waals surface area contributed by atoms with E-state index in [1.165, 1.54) is 0 Å². The zero-order valence-corrected chi connectivity index (χ0v) is 10.5. The van der Waals surface area contributed by atoms with Gasteiger partial charge in [-0.3, -0.25) is 0 Å². The summed E-state index contributed by atoms with van der Waals surface area (Å²) in [4.78, 5) is 0. The van der Waals surface area contributed by atoms with Crippen LogP contribution in [0.15, 0.2) is 18.2 Å². The van der Waals surface area contributed by atoms with Gasteiger partial charge in [0.15, 0.2) is 0 Å². The van der Waals surface area contributed by atoms with E-state index in [-0.39, 0.29) is 5.92 Å². The van der Waals surface area contributed by atoms with Crippen molar-refractivity contribution >= 4 is 23.2 Å². The maximum absolute atomic E-state index is 10.1. The van der Waals surface area contributed by atoms with Crippen LogP contribution in [0.2, 0.25) is 10.0 Å². The fourth-order valence-electron chi connectivity index (χ4n) is 1.69. The first-order valence-corrected chi connectivity index (χ1v) is 5.95. The summed E-state index contributed by atoms with van der Waals surface area (Å²) < 4.78 is 0. The highest BCUT2D eigenvalue weighted by atomic mass is 35.5. The zero-order chi connectivity index (χ0) is 11.4. The average Bonchev–Trinajstić information content (AvgIpc) is 2.17. The number of aliphatic hydroxyl groups excluding tert-OH is 1. The number of hydrogen-bond donors (Lipinski definition) is 1. The first-order chi connectivity index (χ1) is 7.07. The van der Waals surface area contributed by atoms with Gasteiger partial charge in [-0.25, -0.2) is 0 Å². The van der Waals surface area contributed by atoms with Crippen molar-refractivity contribution in [3.8, 4) is 0 Å². The summed E-state index contributed by atoms with van der Waals surface area (Å²) in [5, 5.41) is 11.2. The molecule has 0 amide bonds. The maximum atomic E-state index is 10.1. The van der Waals surface area contributed by atoms with Gasteiger partial charge < -0.3 is 5.11 Å². The van der Waals surface area contributed by atoms with Gasteiger partial charge in [-0.05, 0) is 24.5 Å². The Morgan fingerprint density at radius 2 is 1.80 bits per heavy atom. The van der Waals surface area contributed by atoms with Crippen LogP contribution in [0.25, 0.3) is 0 Å². The molecule has 0 spiro atoms. The minimum atomic E-state index is -0.578. The molecule has 0 aromatic heterocycles. The zero-order valence-electron chi connectivity index (χ0n) is 9.00. The van der Waals surface area contributed by atoms with Gasteiger partial charge in [0.25, 0.3) is 0 Å². The Kier molecular flexibility index (Phi) is 4.91. The van der Waals surface area contributed by atoms with Crippen molar-refractivity contribution < 1.29 is 5.11 Å². The van der Waals surface area contributed by atoms with Crippen LogP contribution in [0.3, 0.4) is 0 Å². The molecule has 15 heavy (non-hydrogen) atoms. The van der Waals surface area contributed by atoms with E-state index < -0.39 is 6.10 Å². The third-order valence-corrected chi connectivity index (χ3v) is 3.24. The van der Waals surface area contributed by atoms with E-state index in [1.54, 1.807) is 18.2 Å². The van der Waals surface area contributed by atoms with Crippen LogP contribution >= 0.6 is 23.2 Å². The molecule has 0 radical (unpaired) electrons. The van der Waals surface area contributed by atoms with Crippen LogP contribution in [0.1, 0.15) is 38.4 Å². The molecule has 0 aliphatic rings. The largest absolute Gasteiger partial charge is 0.388 e. The van der Waals surface area contributed by atoms with Crippen LogP contribution in [-0.2, 0) is 0 Å². The van der Waals surface area contributed by atoms with E-state index in [1.807, 2.05) is 6.92 Å². The van der Waals surface area contributed by atoms with Gasteiger partial charge in [-0.15, -0.1) is 0 Å². The molecule has 84 valence electrons. The molecular formula is C12H16Cl2O. The van der Waals surface area contributed by atoms with Crippen molar-refractivity contribution in [3.05, 3.63) is 33.8 Å². The summed E-state index contributed by atoms with van der Waals surface area (Å²) in [6.07, 6.45) is 1.43. The summed E-state index contributed by atoms with van der Waals surface area (Å²) in [5.74, 6) is 0.174. The summed E-state index contributed by atoms with van der Waals surface area (Å²) in [5.41, 5.74) is 0.654. The Balaban J connectivity index is 2.94. The Morgan fingerprint density at radius 3 is 2.27 bits per heavy atom. The van der Waals surface area contributed by atoms with Crippen molar-refractivity contribution in [1.82, 2.24) is 0 Å². The third kappa shape index (κ3) is 3.10. The number of rotatable bonds is 4. The van der Waals surface area contributed by atoms with Gasteiger partial charge >= 0.3 is 0 Å². The Morgan fingerprint density at radius 1 is 1.27 bits per heavy atom. The summed E-state index contributed by atoms with van der Waals surface area (Å²) in [6, 6.07) is 5.29. The second-order valence-corrected chi connectivity index (χ2v) is 4.66. The normalized spacial score (nSPS) is 15.0. The number of benzene rings is 1. The molecule has 0 heterocycles. The molecule has 2 atom stereocenters.